The zero-order valence-corrected chi connectivity index (χ0v) is 9.23. The summed E-state index contributed by atoms with van der Waals surface area (Å²) in [5, 5.41) is 3.99. The third-order valence-electron chi connectivity index (χ3n) is 2.65. The summed E-state index contributed by atoms with van der Waals surface area (Å²) in [6.07, 6.45) is 0. The molecule has 0 spiro atoms. The monoisotopic (exact) mass is 221 g/mol. The van der Waals surface area contributed by atoms with Crippen molar-refractivity contribution in [3.8, 4) is 0 Å². The van der Waals surface area contributed by atoms with E-state index in [1.54, 1.807) is 15.9 Å². The lowest BCUT2D eigenvalue weighted by atomic mass is 10.3. The molecule has 0 fully saturated rings. The molecule has 1 aliphatic heterocycles. The van der Waals surface area contributed by atoms with Crippen LogP contribution in [0.4, 0.5) is 0 Å². The summed E-state index contributed by atoms with van der Waals surface area (Å²) in [5.74, 6) is 0.862. The summed E-state index contributed by atoms with van der Waals surface area (Å²) in [6, 6.07) is 1.94. The first kappa shape index (κ1) is 9.06. The summed E-state index contributed by atoms with van der Waals surface area (Å²) in [4.78, 5) is 18.6. The van der Waals surface area contributed by atoms with Crippen LogP contribution in [-0.4, -0.2) is 16.1 Å². The minimum atomic E-state index is 0.112. The Labute approximate surface area is 90.6 Å². The Morgan fingerprint density at radius 1 is 1.60 bits per heavy atom. The molecular weight excluding hydrogens is 210 g/mol. The Hall–Kier alpha value is -1.20. The van der Waals surface area contributed by atoms with Gasteiger partial charge in [-0.15, -0.1) is 11.3 Å². The number of aromatic nitrogens is 2. The number of rotatable bonds is 0. The van der Waals surface area contributed by atoms with Crippen molar-refractivity contribution >= 4 is 21.6 Å². The van der Waals surface area contributed by atoms with Crippen LogP contribution in [0.1, 0.15) is 10.7 Å². The molecule has 0 amide bonds. The van der Waals surface area contributed by atoms with Crippen LogP contribution in [0.25, 0.3) is 10.2 Å². The van der Waals surface area contributed by atoms with Gasteiger partial charge >= 0.3 is 0 Å². The molecule has 0 unspecified atom stereocenters. The molecule has 0 aliphatic carbocycles. The van der Waals surface area contributed by atoms with Gasteiger partial charge in [-0.25, -0.2) is 4.98 Å². The Bertz CT molecular complexity index is 584. The maximum absolute atomic E-state index is 12.1. The van der Waals surface area contributed by atoms with Gasteiger partial charge in [0.25, 0.3) is 5.56 Å². The first-order valence-corrected chi connectivity index (χ1v) is 5.78. The van der Waals surface area contributed by atoms with E-state index in [4.69, 9.17) is 0 Å². The average Bonchev–Trinajstić information content (AvgIpc) is 2.59. The third kappa shape index (κ3) is 1.31. The molecule has 1 N–H and O–H groups in total. The van der Waals surface area contributed by atoms with E-state index in [1.165, 1.54) is 0 Å². The molecule has 4 nitrogen and oxygen atoms in total. The van der Waals surface area contributed by atoms with Gasteiger partial charge in [0.2, 0.25) is 0 Å². The van der Waals surface area contributed by atoms with Crippen LogP contribution in [0, 0.1) is 6.92 Å². The van der Waals surface area contributed by atoms with Gasteiger partial charge in [0.1, 0.15) is 10.7 Å². The molecule has 3 heterocycles. The Kier molecular flexibility index (Phi) is 1.90. The van der Waals surface area contributed by atoms with Crippen molar-refractivity contribution in [1.29, 1.82) is 0 Å². The van der Waals surface area contributed by atoms with E-state index in [0.717, 1.165) is 34.0 Å². The molecule has 0 aromatic carbocycles. The molecular formula is C10H11N3OS. The number of thiophene rings is 1. The van der Waals surface area contributed by atoms with E-state index in [1.807, 2.05) is 13.0 Å². The number of nitrogens with zero attached hydrogens (tertiary/aromatic N) is 2. The zero-order valence-electron chi connectivity index (χ0n) is 8.41. The van der Waals surface area contributed by atoms with Gasteiger partial charge in [0.05, 0.1) is 11.9 Å². The molecule has 0 radical (unpaired) electrons. The van der Waals surface area contributed by atoms with Gasteiger partial charge in [-0.3, -0.25) is 9.36 Å². The minimum Gasteiger partial charge on any atom is -0.308 e. The van der Waals surface area contributed by atoms with Crippen molar-refractivity contribution < 1.29 is 0 Å². The molecule has 15 heavy (non-hydrogen) atoms. The van der Waals surface area contributed by atoms with E-state index in [-0.39, 0.29) is 5.56 Å². The van der Waals surface area contributed by atoms with E-state index in [9.17, 15) is 4.79 Å². The normalized spacial score (nSPS) is 15.5. The molecule has 2 aromatic heterocycles. The van der Waals surface area contributed by atoms with Crippen molar-refractivity contribution in [3.63, 3.8) is 0 Å². The highest BCUT2D eigenvalue weighted by molar-refractivity contribution is 7.18. The quantitative estimate of drug-likeness (QED) is 0.718. The van der Waals surface area contributed by atoms with Crippen LogP contribution in [0.3, 0.4) is 0 Å². The summed E-state index contributed by atoms with van der Waals surface area (Å²) >= 11 is 1.59. The number of nitrogens with one attached hydrogen (secondary N) is 1. The topological polar surface area (TPSA) is 46.9 Å². The maximum Gasteiger partial charge on any atom is 0.262 e. The molecule has 0 bridgehead atoms. The van der Waals surface area contributed by atoms with Crippen LogP contribution in [0.5, 0.6) is 0 Å². The number of hydrogen-bond donors (Lipinski definition) is 1. The summed E-state index contributed by atoms with van der Waals surface area (Å²) in [7, 11) is 0. The highest BCUT2D eigenvalue weighted by Crippen LogP contribution is 2.20. The lowest BCUT2D eigenvalue weighted by molar-refractivity contribution is 0.486. The largest absolute Gasteiger partial charge is 0.308 e. The predicted octanol–water partition coefficient (Wildman–Crippen LogP) is 0.870. The molecule has 5 heteroatoms. The highest BCUT2D eigenvalue weighted by atomic mass is 32.1. The standard InChI is InChI=1S/C10H11N3OS/c1-6-4-7-9(15-6)12-8-5-11-2-3-13(8)10(7)14/h4,11H,2-3,5H2,1H3. The number of fused-ring (bicyclic) bond motifs is 2. The molecule has 78 valence electrons. The molecule has 1 aliphatic rings. The van der Waals surface area contributed by atoms with Crippen molar-refractivity contribution in [2.24, 2.45) is 0 Å². The van der Waals surface area contributed by atoms with Gasteiger partial charge < -0.3 is 5.32 Å². The number of aryl methyl sites for hydroxylation is 1. The van der Waals surface area contributed by atoms with Crippen molar-refractivity contribution in [2.45, 2.75) is 20.0 Å². The van der Waals surface area contributed by atoms with Gasteiger partial charge in [-0.2, -0.15) is 0 Å². The maximum atomic E-state index is 12.1. The van der Waals surface area contributed by atoms with Crippen LogP contribution >= 0.6 is 11.3 Å². The van der Waals surface area contributed by atoms with Crippen LogP contribution in [-0.2, 0) is 13.1 Å². The van der Waals surface area contributed by atoms with Gasteiger partial charge in [-0.05, 0) is 13.0 Å². The van der Waals surface area contributed by atoms with Crippen LogP contribution in [0.15, 0.2) is 10.9 Å². The lowest BCUT2D eigenvalue weighted by Crippen LogP contribution is -2.36. The summed E-state index contributed by atoms with van der Waals surface area (Å²) in [5.41, 5.74) is 0.112. The molecule has 2 aromatic rings. The van der Waals surface area contributed by atoms with Gasteiger partial charge in [0, 0.05) is 18.0 Å². The Morgan fingerprint density at radius 3 is 3.33 bits per heavy atom. The average molecular weight is 221 g/mol. The fraction of sp³-hybridized carbons (Fsp3) is 0.400. The lowest BCUT2D eigenvalue weighted by Gasteiger charge is -2.17. The second-order valence-electron chi connectivity index (χ2n) is 3.74. The fourth-order valence-electron chi connectivity index (χ4n) is 1.93. The van der Waals surface area contributed by atoms with Crippen molar-refractivity contribution in [2.75, 3.05) is 6.54 Å². The molecule has 3 rings (SSSR count). The second kappa shape index (κ2) is 3.15. The van der Waals surface area contributed by atoms with E-state index in [0.29, 0.717) is 6.54 Å². The van der Waals surface area contributed by atoms with Gasteiger partial charge in [0.15, 0.2) is 0 Å². The SMILES string of the molecule is Cc1cc2c(=O)n3c(nc2s1)CNCC3. The third-order valence-corrected chi connectivity index (χ3v) is 3.59. The van der Waals surface area contributed by atoms with Crippen LogP contribution in [0.2, 0.25) is 0 Å². The smallest absolute Gasteiger partial charge is 0.262 e. The zero-order chi connectivity index (χ0) is 10.4. The van der Waals surface area contributed by atoms with Crippen molar-refractivity contribution in [3.05, 3.63) is 27.1 Å². The van der Waals surface area contributed by atoms with E-state index in [2.05, 4.69) is 10.3 Å². The van der Waals surface area contributed by atoms with Gasteiger partial charge in [-0.1, -0.05) is 0 Å². The number of hydrogen-bond acceptors (Lipinski definition) is 4. The second-order valence-corrected chi connectivity index (χ2v) is 4.97. The first-order chi connectivity index (χ1) is 7.25. The minimum absolute atomic E-state index is 0.112. The fourth-order valence-corrected chi connectivity index (χ4v) is 2.82. The predicted molar refractivity (Wildman–Crippen MR) is 60.3 cm³/mol. The Balaban J connectivity index is 2.40. The van der Waals surface area contributed by atoms with E-state index < -0.39 is 0 Å². The van der Waals surface area contributed by atoms with E-state index >= 15 is 0 Å². The Morgan fingerprint density at radius 2 is 2.47 bits per heavy atom. The first-order valence-electron chi connectivity index (χ1n) is 4.96. The molecule has 0 atom stereocenters. The molecule has 0 saturated heterocycles. The van der Waals surface area contributed by atoms with Crippen LogP contribution < -0.4 is 10.9 Å². The highest BCUT2D eigenvalue weighted by Gasteiger charge is 2.15. The summed E-state index contributed by atoms with van der Waals surface area (Å²) < 4.78 is 1.78. The summed E-state index contributed by atoms with van der Waals surface area (Å²) in [6.45, 7) is 4.28. The molecule has 0 saturated carbocycles. The van der Waals surface area contributed by atoms with Crippen molar-refractivity contribution in [1.82, 2.24) is 14.9 Å².